The SMILES string of the molecule is CCOC(=O)C(C)n1cnc2c1c(=O)n(CCOC)c(=O)n2-c1cccc(Cl)c1. The Morgan fingerprint density at radius 1 is 1.31 bits per heavy atom. The number of benzene rings is 1. The lowest BCUT2D eigenvalue weighted by atomic mass is 10.3. The van der Waals surface area contributed by atoms with E-state index in [2.05, 4.69) is 4.98 Å². The Balaban J connectivity index is 2.34. The molecule has 154 valence electrons. The molecule has 0 aliphatic carbocycles. The molecule has 9 nitrogen and oxygen atoms in total. The molecule has 0 N–H and O–H groups in total. The zero-order chi connectivity index (χ0) is 21.1. The van der Waals surface area contributed by atoms with Crippen LogP contribution in [0.3, 0.4) is 0 Å². The molecule has 2 aromatic heterocycles. The standard InChI is InChI=1S/C19H21ClN4O5/c1-4-29-18(26)12(2)23-11-21-16-15(23)17(25)22(8-9-28-3)19(27)24(16)14-7-5-6-13(20)10-14/h5-7,10-12H,4,8-9H2,1-3H3. The van der Waals surface area contributed by atoms with Crippen molar-refractivity contribution in [2.24, 2.45) is 0 Å². The van der Waals surface area contributed by atoms with Gasteiger partial charge in [-0.3, -0.25) is 9.36 Å². The van der Waals surface area contributed by atoms with Crippen molar-refractivity contribution in [3.63, 3.8) is 0 Å². The summed E-state index contributed by atoms with van der Waals surface area (Å²) in [4.78, 5) is 42.7. The maximum atomic E-state index is 13.1. The van der Waals surface area contributed by atoms with Crippen molar-refractivity contribution in [1.82, 2.24) is 18.7 Å². The lowest BCUT2D eigenvalue weighted by Gasteiger charge is -2.15. The number of halogens is 1. The molecule has 1 aromatic carbocycles. The first-order valence-corrected chi connectivity index (χ1v) is 9.42. The van der Waals surface area contributed by atoms with Crippen LogP contribution >= 0.6 is 11.6 Å². The predicted octanol–water partition coefficient (Wildman–Crippen LogP) is 1.77. The van der Waals surface area contributed by atoms with Crippen LogP contribution in [0.2, 0.25) is 5.02 Å². The average molecular weight is 421 g/mol. The van der Waals surface area contributed by atoms with Gasteiger partial charge >= 0.3 is 11.7 Å². The second-order valence-corrected chi connectivity index (χ2v) is 6.74. The number of carbonyl (C=O) groups excluding carboxylic acids is 1. The van der Waals surface area contributed by atoms with E-state index in [-0.39, 0.29) is 30.9 Å². The largest absolute Gasteiger partial charge is 0.464 e. The molecule has 0 saturated heterocycles. The number of hydrogen-bond donors (Lipinski definition) is 0. The Morgan fingerprint density at radius 3 is 2.72 bits per heavy atom. The molecule has 0 saturated carbocycles. The van der Waals surface area contributed by atoms with Gasteiger partial charge in [0.05, 0.1) is 31.8 Å². The predicted molar refractivity (Wildman–Crippen MR) is 108 cm³/mol. The molecule has 0 spiro atoms. The van der Waals surface area contributed by atoms with E-state index in [9.17, 15) is 14.4 Å². The van der Waals surface area contributed by atoms with Crippen molar-refractivity contribution >= 4 is 28.7 Å². The minimum atomic E-state index is -0.797. The van der Waals surface area contributed by atoms with Crippen molar-refractivity contribution in [2.75, 3.05) is 20.3 Å². The summed E-state index contributed by atoms with van der Waals surface area (Å²) in [6.07, 6.45) is 1.36. The summed E-state index contributed by atoms with van der Waals surface area (Å²) in [6, 6.07) is 5.86. The second kappa shape index (κ2) is 8.62. The van der Waals surface area contributed by atoms with Crippen molar-refractivity contribution in [3.05, 3.63) is 56.5 Å². The number of esters is 1. The first-order chi connectivity index (χ1) is 13.9. The first-order valence-electron chi connectivity index (χ1n) is 9.04. The average Bonchev–Trinajstić information content (AvgIpc) is 3.12. The Bertz CT molecular complexity index is 1160. The van der Waals surface area contributed by atoms with Crippen LogP contribution in [0.5, 0.6) is 0 Å². The van der Waals surface area contributed by atoms with Crippen LogP contribution in [0.15, 0.2) is 40.2 Å². The molecule has 0 radical (unpaired) electrons. The lowest BCUT2D eigenvalue weighted by Crippen LogP contribution is -2.41. The molecular weight excluding hydrogens is 400 g/mol. The molecule has 29 heavy (non-hydrogen) atoms. The monoisotopic (exact) mass is 420 g/mol. The maximum Gasteiger partial charge on any atom is 0.337 e. The van der Waals surface area contributed by atoms with Crippen LogP contribution < -0.4 is 11.2 Å². The summed E-state index contributed by atoms with van der Waals surface area (Å²) in [5.74, 6) is -0.504. The highest BCUT2D eigenvalue weighted by atomic mass is 35.5. The molecule has 1 atom stereocenters. The molecule has 10 heteroatoms. The highest BCUT2D eigenvalue weighted by Crippen LogP contribution is 2.19. The van der Waals surface area contributed by atoms with E-state index in [1.54, 1.807) is 38.1 Å². The van der Waals surface area contributed by atoms with Gasteiger partial charge in [0.2, 0.25) is 0 Å². The van der Waals surface area contributed by atoms with Gasteiger partial charge in [0.1, 0.15) is 6.04 Å². The Hall–Kier alpha value is -2.91. The summed E-state index contributed by atoms with van der Waals surface area (Å²) >= 11 is 6.09. The Morgan fingerprint density at radius 2 is 2.07 bits per heavy atom. The molecule has 0 aliphatic heterocycles. The van der Waals surface area contributed by atoms with Crippen LogP contribution in [0.25, 0.3) is 16.9 Å². The fourth-order valence-electron chi connectivity index (χ4n) is 3.04. The summed E-state index contributed by atoms with van der Waals surface area (Å²) in [6.45, 7) is 3.72. The summed E-state index contributed by atoms with van der Waals surface area (Å²) < 4.78 is 13.9. The minimum Gasteiger partial charge on any atom is -0.464 e. The number of rotatable bonds is 7. The Kier molecular flexibility index (Phi) is 6.19. The van der Waals surface area contributed by atoms with Crippen LogP contribution in [-0.4, -0.2) is 45.0 Å². The van der Waals surface area contributed by atoms with Crippen LogP contribution in [-0.2, 0) is 20.8 Å². The van der Waals surface area contributed by atoms with Crippen molar-refractivity contribution in [3.8, 4) is 5.69 Å². The van der Waals surface area contributed by atoms with Gasteiger partial charge in [-0.05, 0) is 32.0 Å². The van der Waals surface area contributed by atoms with Gasteiger partial charge in [0, 0.05) is 12.1 Å². The van der Waals surface area contributed by atoms with Crippen molar-refractivity contribution < 1.29 is 14.3 Å². The topological polar surface area (TPSA) is 97.4 Å². The minimum absolute atomic E-state index is 0.0453. The fourth-order valence-corrected chi connectivity index (χ4v) is 3.23. The summed E-state index contributed by atoms with van der Waals surface area (Å²) in [5.41, 5.74) is -0.439. The van der Waals surface area contributed by atoms with E-state index in [4.69, 9.17) is 21.1 Å². The molecule has 0 fully saturated rings. The van der Waals surface area contributed by atoms with E-state index in [1.165, 1.54) is 22.6 Å². The van der Waals surface area contributed by atoms with Gasteiger partial charge in [-0.15, -0.1) is 0 Å². The Labute approximate surface area is 171 Å². The molecule has 2 heterocycles. The first kappa shape index (κ1) is 20.8. The molecule has 3 rings (SSSR count). The number of hydrogen-bond acceptors (Lipinski definition) is 6. The number of carbonyl (C=O) groups is 1. The normalized spacial score (nSPS) is 12.3. The lowest BCUT2D eigenvalue weighted by molar-refractivity contribution is -0.146. The third kappa shape index (κ3) is 3.83. The highest BCUT2D eigenvalue weighted by molar-refractivity contribution is 6.30. The molecule has 0 bridgehead atoms. The smallest absolute Gasteiger partial charge is 0.337 e. The molecule has 1 unspecified atom stereocenters. The van der Waals surface area contributed by atoms with Crippen LogP contribution in [0, 0.1) is 0 Å². The van der Waals surface area contributed by atoms with Gasteiger partial charge in [0.25, 0.3) is 5.56 Å². The van der Waals surface area contributed by atoms with E-state index in [0.717, 1.165) is 4.57 Å². The summed E-state index contributed by atoms with van der Waals surface area (Å²) in [7, 11) is 1.48. The molecule has 3 aromatic rings. The highest BCUT2D eigenvalue weighted by Gasteiger charge is 2.24. The second-order valence-electron chi connectivity index (χ2n) is 6.30. The number of aromatic nitrogens is 4. The van der Waals surface area contributed by atoms with Crippen LogP contribution in [0.1, 0.15) is 19.9 Å². The maximum absolute atomic E-state index is 13.1. The third-order valence-corrected chi connectivity index (χ3v) is 4.72. The van der Waals surface area contributed by atoms with Gasteiger partial charge in [-0.1, -0.05) is 17.7 Å². The van der Waals surface area contributed by atoms with Crippen molar-refractivity contribution in [2.45, 2.75) is 26.4 Å². The van der Waals surface area contributed by atoms with E-state index >= 15 is 0 Å². The summed E-state index contributed by atoms with van der Waals surface area (Å²) in [5, 5.41) is 0.427. The van der Waals surface area contributed by atoms with E-state index in [0.29, 0.717) is 10.7 Å². The van der Waals surface area contributed by atoms with Gasteiger partial charge in [-0.2, -0.15) is 0 Å². The van der Waals surface area contributed by atoms with Crippen LogP contribution in [0.4, 0.5) is 0 Å². The zero-order valence-corrected chi connectivity index (χ0v) is 17.0. The zero-order valence-electron chi connectivity index (χ0n) is 16.3. The molecule has 0 aliphatic rings. The quantitative estimate of drug-likeness (QED) is 0.540. The number of methoxy groups -OCH3 is 1. The fraction of sp³-hybridized carbons (Fsp3) is 0.368. The number of ether oxygens (including phenoxy) is 2. The van der Waals surface area contributed by atoms with Crippen molar-refractivity contribution in [1.29, 1.82) is 0 Å². The van der Waals surface area contributed by atoms with Gasteiger partial charge in [0.15, 0.2) is 11.2 Å². The number of nitrogens with zero attached hydrogens (tertiary/aromatic N) is 4. The number of imidazole rings is 1. The molecule has 0 amide bonds. The third-order valence-electron chi connectivity index (χ3n) is 4.49. The van der Waals surface area contributed by atoms with Gasteiger partial charge < -0.3 is 14.0 Å². The number of fused-ring (bicyclic) bond motifs is 1. The van der Waals surface area contributed by atoms with E-state index in [1.807, 2.05) is 0 Å². The molecular formula is C19H21ClN4O5. The van der Waals surface area contributed by atoms with Gasteiger partial charge in [-0.25, -0.2) is 19.1 Å². The van der Waals surface area contributed by atoms with E-state index < -0.39 is 23.3 Å².